The fourth-order valence-corrected chi connectivity index (χ4v) is 4.47. The maximum atomic E-state index is 13.1. The van der Waals surface area contributed by atoms with E-state index < -0.39 is 18.0 Å². The third kappa shape index (κ3) is 9.25. The Morgan fingerprint density at radius 1 is 0.886 bits per heavy atom. The molecule has 1 fully saturated rings. The number of carboxylic acids is 2. The van der Waals surface area contributed by atoms with E-state index in [0.717, 1.165) is 39.8 Å². The van der Waals surface area contributed by atoms with Crippen LogP contribution < -0.4 is 15.8 Å². The lowest BCUT2D eigenvalue weighted by atomic mass is 10.0. The van der Waals surface area contributed by atoms with E-state index >= 15 is 0 Å². The van der Waals surface area contributed by atoms with Crippen molar-refractivity contribution in [2.24, 2.45) is 5.73 Å². The number of amides is 3. The molecule has 0 saturated carbocycles. The average molecular weight is 607 g/mol. The molecule has 10 N–H and O–H groups in total. The van der Waals surface area contributed by atoms with Crippen LogP contribution in [0.1, 0.15) is 16.7 Å². The Kier molecular flexibility index (Phi) is 12.8. The number of rotatable bonds is 10. The molecule has 1 atom stereocenters. The molecule has 3 amide bonds. The number of para-hydroxylation sites is 1. The zero-order valence-electron chi connectivity index (χ0n) is 23.5. The minimum absolute atomic E-state index is 0. The summed E-state index contributed by atoms with van der Waals surface area (Å²) >= 11 is 0. The van der Waals surface area contributed by atoms with E-state index in [2.05, 4.69) is 16.4 Å². The molecule has 1 aliphatic rings. The summed E-state index contributed by atoms with van der Waals surface area (Å²) in [5.41, 5.74) is 9.72. The lowest BCUT2D eigenvalue weighted by Crippen LogP contribution is -2.32. The third-order valence-corrected chi connectivity index (χ3v) is 6.38. The standard InChI is InChI=1S/C27H26N4O3.C4H4O4.2H2O/c28-12-11-20-16-29-24-10-9-18(14-23(20)24)15-25-26(32)31(27(33)30-25)17-19-5-4-8-22(13-19)34-21-6-2-1-3-7-21;5-3(6)1-2-4(7)8;;/h1-10,13-14,16,25,29H,11-12,15,17,28H2,(H,30,33);1-2H,(H,5,6)(H,7,8);2*1H2/b;2-1-;;. The van der Waals surface area contributed by atoms with Gasteiger partial charge < -0.3 is 41.9 Å². The second-order valence-corrected chi connectivity index (χ2v) is 9.44. The molecule has 5 rings (SSSR count). The van der Waals surface area contributed by atoms with Crippen LogP contribution in [0, 0.1) is 0 Å². The highest BCUT2D eigenvalue weighted by Crippen LogP contribution is 2.25. The maximum Gasteiger partial charge on any atom is 0.328 e. The summed E-state index contributed by atoms with van der Waals surface area (Å²) in [6, 6.07) is 22.0. The van der Waals surface area contributed by atoms with Gasteiger partial charge >= 0.3 is 18.0 Å². The molecule has 3 aromatic carbocycles. The molecule has 1 aromatic heterocycles. The van der Waals surface area contributed by atoms with Crippen LogP contribution in [0.4, 0.5) is 4.79 Å². The van der Waals surface area contributed by atoms with Crippen molar-refractivity contribution in [2.45, 2.75) is 25.4 Å². The van der Waals surface area contributed by atoms with E-state index in [1.165, 1.54) is 4.90 Å². The number of carboxylic acid groups (broad SMARTS) is 2. The smallest absolute Gasteiger partial charge is 0.328 e. The Bertz CT molecular complexity index is 1600. The number of nitrogens with one attached hydrogen (secondary N) is 2. The second kappa shape index (κ2) is 16.2. The van der Waals surface area contributed by atoms with Crippen LogP contribution in [-0.2, 0) is 33.8 Å². The van der Waals surface area contributed by atoms with Crippen molar-refractivity contribution in [1.82, 2.24) is 15.2 Å². The number of aromatic nitrogens is 1. The molecule has 0 bridgehead atoms. The molecule has 0 aliphatic carbocycles. The van der Waals surface area contributed by atoms with E-state index in [9.17, 15) is 19.2 Å². The average Bonchev–Trinajstić information content (AvgIpc) is 3.48. The molecule has 232 valence electrons. The highest BCUT2D eigenvalue weighted by Gasteiger charge is 2.37. The molecule has 44 heavy (non-hydrogen) atoms. The van der Waals surface area contributed by atoms with Gasteiger partial charge in [0.05, 0.1) is 6.54 Å². The van der Waals surface area contributed by atoms with Crippen LogP contribution in [0.3, 0.4) is 0 Å². The predicted octanol–water partition coefficient (Wildman–Crippen LogP) is 2.19. The number of carbonyl (C=O) groups is 4. The van der Waals surface area contributed by atoms with Gasteiger partial charge in [0, 0.05) is 35.7 Å². The van der Waals surface area contributed by atoms with E-state index in [0.29, 0.717) is 30.9 Å². The van der Waals surface area contributed by atoms with Crippen LogP contribution in [0.5, 0.6) is 11.5 Å². The Morgan fingerprint density at radius 2 is 1.57 bits per heavy atom. The first kappa shape index (κ1) is 34.7. The number of imide groups is 1. The quantitative estimate of drug-likeness (QED) is 0.132. The Labute approximate surface area is 252 Å². The first-order chi connectivity index (χ1) is 20.2. The Hall–Kier alpha value is -5.50. The number of hydrogen-bond donors (Lipinski definition) is 5. The second-order valence-electron chi connectivity index (χ2n) is 9.44. The number of benzene rings is 3. The molecule has 4 aromatic rings. The largest absolute Gasteiger partial charge is 0.478 e. The van der Waals surface area contributed by atoms with Crippen LogP contribution >= 0.6 is 0 Å². The Morgan fingerprint density at radius 3 is 2.23 bits per heavy atom. The molecule has 1 saturated heterocycles. The summed E-state index contributed by atoms with van der Waals surface area (Å²) in [5.74, 6) is -1.36. The number of aromatic amines is 1. The first-order valence-electron chi connectivity index (χ1n) is 13.1. The van der Waals surface area contributed by atoms with Gasteiger partial charge in [-0.15, -0.1) is 0 Å². The third-order valence-electron chi connectivity index (χ3n) is 6.38. The van der Waals surface area contributed by atoms with E-state index in [1.807, 2.05) is 72.9 Å². The summed E-state index contributed by atoms with van der Waals surface area (Å²) in [6.45, 7) is 0.756. The number of fused-ring (bicyclic) bond motifs is 1. The van der Waals surface area contributed by atoms with Gasteiger partial charge in [0.1, 0.15) is 17.5 Å². The van der Waals surface area contributed by atoms with Gasteiger partial charge in [0.25, 0.3) is 5.91 Å². The minimum atomic E-state index is -1.26. The lowest BCUT2D eigenvalue weighted by Gasteiger charge is -2.14. The lowest BCUT2D eigenvalue weighted by molar-refractivity contribution is -0.134. The fourth-order valence-electron chi connectivity index (χ4n) is 4.47. The van der Waals surface area contributed by atoms with Gasteiger partial charge in [-0.1, -0.05) is 36.4 Å². The van der Waals surface area contributed by atoms with Gasteiger partial charge in [0.15, 0.2) is 0 Å². The monoisotopic (exact) mass is 606 g/mol. The van der Waals surface area contributed by atoms with Crippen LogP contribution in [0.15, 0.2) is 91.1 Å². The number of hydrogen-bond acceptors (Lipinski definition) is 6. The van der Waals surface area contributed by atoms with Gasteiger partial charge in [-0.3, -0.25) is 9.69 Å². The zero-order chi connectivity index (χ0) is 30.1. The topological polar surface area (TPSA) is 238 Å². The highest BCUT2D eigenvalue weighted by atomic mass is 16.5. The first-order valence-corrected chi connectivity index (χ1v) is 13.1. The number of ether oxygens (including phenoxy) is 1. The predicted molar refractivity (Wildman–Crippen MR) is 162 cm³/mol. The summed E-state index contributed by atoms with van der Waals surface area (Å²) in [4.78, 5) is 49.3. The fraction of sp³-hybridized carbons (Fsp3) is 0.161. The molecule has 13 nitrogen and oxygen atoms in total. The van der Waals surface area contributed by atoms with Gasteiger partial charge in [-0.05, 0) is 66.1 Å². The molecule has 13 heteroatoms. The van der Waals surface area contributed by atoms with E-state index in [4.69, 9.17) is 20.7 Å². The number of nitrogens with zero attached hydrogens (tertiary/aromatic N) is 1. The van der Waals surface area contributed by atoms with Crippen LogP contribution in [0.2, 0.25) is 0 Å². The molecular weight excluding hydrogens is 572 g/mol. The highest BCUT2D eigenvalue weighted by molar-refractivity contribution is 6.04. The van der Waals surface area contributed by atoms with Crippen molar-refractivity contribution in [3.8, 4) is 11.5 Å². The van der Waals surface area contributed by atoms with E-state index in [-0.39, 0.29) is 29.4 Å². The number of carbonyl (C=O) groups excluding carboxylic acids is 2. The van der Waals surface area contributed by atoms with E-state index in [1.54, 1.807) is 0 Å². The van der Waals surface area contributed by atoms with Crippen molar-refractivity contribution in [1.29, 1.82) is 0 Å². The maximum absolute atomic E-state index is 13.1. The van der Waals surface area contributed by atoms with Crippen molar-refractivity contribution in [2.75, 3.05) is 6.54 Å². The minimum Gasteiger partial charge on any atom is -0.478 e. The summed E-state index contributed by atoms with van der Waals surface area (Å²) in [5, 5.41) is 19.6. The van der Waals surface area contributed by atoms with Gasteiger partial charge in [-0.2, -0.15) is 0 Å². The van der Waals surface area contributed by atoms with Gasteiger partial charge in [0.2, 0.25) is 0 Å². The SMILES string of the molecule is NCCc1c[nH]c2ccc(CC3NC(=O)N(Cc4cccc(Oc5ccccc5)c4)C3=O)cc12.O.O.O=C(O)/C=C\C(=O)O. The van der Waals surface area contributed by atoms with Gasteiger partial charge in [-0.25, -0.2) is 14.4 Å². The van der Waals surface area contributed by atoms with Crippen LogP contribution in [0.25, 0.3) is 10.9 Å². The van der Waals surface area contributed by atoms with Crippen LogP contribution in [-0.4, -0.2) is 67.5 Å². The molecule has 2 heterocycles. The number of aliphatic carboxylic acids is 2. The molecular formula is C31H34N4O9. The van der Waals surface area contributed by atoms with Crippen molar-refractivity contribution in [3.05, 3.63) is 108 Å². The summed E-state index contributed by atoms with van der Waals surface area (Å²) < 4.78 is 5.88. The molecule has 0 radical (unpaired) electrons. The van der Waals surface area contributed by atoms with Crippen molar-refractivity contribution in [3.63, 3.8) is 0 Å². The number of H-pyrrole nitrogens is 1. The van der Waals surface area contributed by atoms with Crippen molar-refractivity contribution >= 4 is 34.8 Å². The molecule has 1 unspecified atom stereocenters. The Balaban J connectivity index is 0.000000599. The van der Waals surface area contributed by atoms with Crippen molar-refractivity contribution < 1.29 is 45.1 Å². The number of urea groups is 1. The normalized spacial score (nSPS) is 13.8. The molecule has 0 spiro atoms. The number of nitrogens with two attached hydrogens (primary N) is 1. The summed E-state index contributed by atoms with van der Waals surface area (Å²) in [6.07, 6.45) is 4.30. The molecule has 1 aliphatic heterocycles. The zero-order valence-corrected chi connectivity index (χ0v) is 23.5. The summed E-state index contributed by atoms with van der Waals surface area (Å²) in [7, 11) is 0.